The van der Waals surface area contributed by atoms with Crippen LogP contribution in [0, 0.1) is 0 Å². The lowest BCUT2D eigenvalue weighted by molar-refractivity contribution is -0.358. The number of nitrogens with zero attached hydrogens (tertiary/aromatic N) is 2. The highest BCUT2D eigenvalue weighted by Crippen LogP contribution is 2.42. The first kappa shape index (κ1) is 25.3. The number of benzene rings is 1. The summed E-state index contributed by atoms with van der Waals surface area (Å²) in [5, 5.41) is 41.3. The van der Waals surface area contributed by atoms with E-state index < -0.39 is 55.8 Å². The van der Waals surface area contributed by atoms with Gasteiger partial charge in [0.15, 0.2) is 18.9 Å². The molecule has 0 saturated carbocycles. The van der Waals surface area contributed by atoms with Crippen molar-refractivity contribution in [3.63, 3.8) is 0 Å². The second kappa shape index (κ2) is 9.63. The van der Waals surface area contributed by atoms with Crippen molar-refractivity contribution >= 4 is 10.9 Å². The second-order valence-corrected chi connectivity index (χ2v) is 9.65. The van der Waals surface area contributed by atoms with Crippen LogP contribution in [0.25, 0.3) is 22.3 Å². The highest BCUT2D eigenvalue weighted by atomic mass is 16.8. The normalized spacial score (nSPS) is 32.0. The molecule has 1 aromatic carbocycles. The number of rotatable bonds is 5. The third-order valence-electron chi connectivity index (χ3n) is 7.47. The lowest BCUT2D eigenvalue weighted by Crippen LogP contribution is -2.60. The van der Waals surface area contributed by atoms with Gasteiger partial charge in [-0.05, 0) is 23.8 Å². The molecule has 6 rings (SSSR count). The number of aliphatic hydroxyl groups excluding tert-OH is 4. The van der Waals surface area contributed by atoms with Crippen molar-refractivity contribution in [2.75, 3.05) is 13.7 Å². The van der Waals surface area contributed by atoms with E-state index in [0.29, 0.717) is 29.1 Å². The lowest BCUT2D eigenvalue weighted by Gasteiger charge is -2.43. The van der Waals surface area contributed by atoms with Crippen molar-refractivity contribution in [3.8, 4) is 11.4 Å². The number of hydrogen-bond donors (Lipinski definition) is 4. The van der Waals surface area contributed by atoms with Crippen LogP contribution in [0.3, 0.4) is 0 Å². The molecule has 1 fully saturated rings. The Morgan fingerprint density at radius 1 is 1.13 bits per heavy atom. The maximum atomic E-state index is 13.8. The van der Waals surface area contributed by atoms with Gasteiger partial charge in [-0.3, -0.25) is 4.79 Å². The van der Waals surface area contributed by atoms with Gasteiger partial charge in [0.1, 0.15) is 24.4 Å². The fourth-order valence-electron chi connectivity index (χ4n) is 5.48. The van der Waals surface area contributed by atoms with Crippen LogP contribution in [-0.4, -0.2) is 80.7 Å². The van der Waals surface area contributed by atoms with Gasteiger partial charge in [0.2, 0.25) is 0 Å². The van der Waals surface area contributed by atoms with Crippen LogP contribution in [0.1, 0.15) is 28.9 Å². The molecule has 11 heteroatoms. The summed E-state index contributed by atoms with van der Waals surface area (Å²) in [6, 6.07) is 11.6. The maximum Gasteiger partial charge on any atom is 0.260 e. The van der Waals surface area contributed by atoms with E-state index in [1.165, 1.54) is 7.11 Å². The minimum atomic E-state index is -1.63. The van der Waals surface area contributed by atoms with Crippen LogP contribution in [0.15, 0.2) is 53.8 Å². The van der Waals surface area contributed by atoms with Gasteiger partial charge in [0.05, 0.1) is 41.5 Å². The predicted octanol–water partition coefficient (Wildman–Crippen LogP) is 0.513. The van der Waals surface area contributed by atoms with E-state index in [4.69, 9.17) is 23.9 Å². The van der Waals surface area contributed by atoms with Gasteiger partial charge in [-0.15, -0.1) is 6.58 Å². The topological polar surface area (TPSA) is 153 Å². The van der Waals surface area contributed by atoms with Gasteiger partial charge in [-0.2, -0.15) is 0 Å². The molecule has 2 aromatic heterocycles. The average Bonchev–Trinajstić information content (AvgIpc) is 3.29. The first-order chi connectivity index (χ1) is 18.4. The number of aliphatic hydroxyl groups is 4. The zero-order chi connectivity index (χ0) is 26.7. The Bertz CT molecular complexity index is 1450. The molecular formula is C27H28N2O9. The van der Waals surface area contributed by atoms with Crippen LogP contribution >= 0.6 is 0 Å². The van der Waals surface area contributed by atoms with Gasteiger partial charge >= 0.3 is 0 Å². The Hall–Kier alpha value is -3.00. The van der Waals surface area contributed by atoms with Crippen molar-refractivity contribution < 1.29 is 39.4 Å². The fourth-order valence-corrected chi connectivity index (χ4v) is 5.48. The van der Waals surface area contributed by atoms with E-state index in [9.17, 15) is 25.2 Å². The molecule has 0 spiro atoms. The molecule has 0 amide bonds. The Labute approximate surface area is 217 Å². The summed E-state index contributed by atoms with van der Waals surface area (Å²) in [6.45, 7) is 3.66. The highest BCUT2D eigenvalue weighted by Gasteiger charge is 2.47. The first-order valence-electron chi connectivity index (χ1n) is 12.3. The monoisotopic (exact) mass is 524 g/mol. The summed E-state index contributed by atoms with van der Waals surface area (Å²) < 4.78 is 24.6. The fraction of sp³-hybridized carbons (Fsp3) is 0.407. The first-order valence-corrected chi connectivity index (χ1v) is 12.3. The molecule has 200 valence electrons. The maximum absolute atomic E-state index is 13.8. The minimum absolute atomic E-state index is 0.287. The van der Waals surface area contributed by atoms with Crippen molar-refractivity contribution in [1.82, 2.24) is 9.55 Å². The van der Waals surface area contributed by atoms with Crippen molar-refractivity contribution in [2.45, 2.75) is 55.7 Å². The molecule has 1 saturated heterocycles. The van der Waals surface area contributed by atoms with E-state index in [-0.39, 0.29) is 5.56 Å². The third-order valence-corrected chi connectivity index (χ3v) is 7.47. The average molecular weight is 525 g/mol. The van der Waals surface area contributed by atoms with Gasteiger partial charge in [-0.25, -0.2) is 4.98 Å². The summed E-state index contributed by atoms with van der Waals surface area (Å²) in [4.78, 5) is 18.6. The quantitative estimate of drug-likeness (QED) is 0.272. The molecule has 0 bridgehead atoms. The lowest BCUT2D eigenvalue weighted by atomic mass is 9.90. The van der Waals surface area contributed by atoms with E-state index in [2.05, 4.69) is 6.58 Å². The minimum Gasteiger partial charge on any atom is -0.394 e. The molecule has 8 atom stereocenters. The van der Waals surface area contributed by atoms with E-state index in [0.717, 1.165) is 16.5 Å². The third kappa shape index (κ3) is 3.82. The zero-order valence-corrected chi connectivity index (χ0v) is 20.5. The van der Waals surface area contributed by atoms with Crippen LogP contribution in [0.4, 0.5) is 0 Å². The summed E-state index contributed by atoms with van der Waals surface area (Å²) in [5.74, 6) is -0.688. The molecule has 0 aliphatic carbocycles. The Kier molecular flexibility index (Phi) is 6.41. The summed E-state index contributed by atoms with van der Waals surface area (Å²) in [7, 11) is 1.40. The molecule has 4 N–H and O–H groups in total. The molecule has 11 nitrogen and oxygen atoms in total. The van der Waals surface area contributed by atoms with Gasteiger partial charge in [0, 0.05) is 18.1 Å². The van der Waals surface area contributed by atoms with Crippen molar-refractivity contribution in [2.24, 2.45) is 0 Å². The van der Waals surface area contributed by atoms with Gasteiger partial charge < -0.3 is 43.9 Å². The smallest absolute Gasteiger partial charge is 0.260 e. The predicted molar refractivity (Wildman–Crippen MR) is 133 cm³/mol. The number of fused-ring (bicyclic) bond motifs is 5. The van der Waals surface area contributed by atoms with E-state index in [1.54, 1.807) is 10.6 Å². The SMILES string of the molecule is C=C[C@@H]1c2cc3n(c(=O)c2[C@H](OC)O[C@H]1O[C@@H]1O[C@H](CO)[C@H](O)[C@@H](O)[C@H]1O)Cc1cc2ccccc2nc1-3. The summed E-state index contributed by atoms with van der Waals surface area (Å²) in [5.41, 5.74) is 3.65. The van der Waals surface area contributed by atoms with Crippen LogP contribution < -0.4 is 5.56 Å². The molecule has 0 unspecified atom stereocenters. The van der Waals surface area contributed by atoms with Crippen LogP contribution in [-0.2, 0) is 25.5 Å². The number of hydrogen-bond acceptors (Lipinski definition) is 10. The Morgan fingerprint density at radius 3 is 2.66 bits per heavy atom. The number of methoxy groups -OCH3 is 1. The number of ether oxygens (including phenoxy) is 4. The molecule has 3 aliphatic rings. The number of pyridine rings is 2. The summed E-state index contributed by atoms with van der Waals surface area (Å²) >= 11 is 0. The summed E-state index contributed by atoms with van der Waals surface area (Å²) in [6.07, 6.45) is -8.06. The Balaban J connectivity index is 1.41. The molecule has 38 heavy (non-hydrogen) atoms. The standard InChI is InChI=1S/C27H28N2O9/c1-3-14-15-9-17-20-13(8-12-6-4-5-7-16(12)28-20)10-29(17)24(34)19(15)26(35-2)37-25(14)38-27-23(33)22(32)21(31)18(11-30)36-27/h3-9,14,18,21-23,25-27,30-33H,1,10-11H2,2H3/t14-,18-,21+,22-,23-,25+,26-,27+/m1/s1. The molecular weight excluding hydrogens is 496 g/mol. The number of aromatic nitrogens is 2. The molecule has 3 aliphatic heterocycles. The zero-order valence-electron chi connectivity index (χ0n) is 20.5. The van der Waals surface area contributed by atoms with E-state index >= 15 is 0 Å². The number of para-hydroxylation sites is 1. The second-order valence-electron chi connectivity index (χ2n) is 9.65. The van der Waals surface area contributed by atoms with E-state index in [1.807, 2.05) is 36.4 Å². The van der Waals surface area contributed by atoms with Crippen LogP contribution in [0.5, 0.6) is 0 Å². The molecule has 5 heterocycles. The highest BCUT2D eigenvalue weighted by molar-refractivity contribution is 5.84. The van der Waals surface area contributed by atoms with Gasteiger partial charge in [-0.1, -0.05) is 24.3 Å². The largest absolute Gasteiger partial charge is 0.394 e. The van der Waals surface area contributed by atoms with Crippen molar-refractivity contribution in [1.29, 1.82) is 0 Å². The molecule has 0 radical (unpaired) electrons. The Morgan fingerprint density at radius 2 is 1.92 bits per heavy atom. The van der Waals surface area contributed by atoms with Gasteiger partial charge in [0.25, 0.3) is 5.56 Å². The molecule has 3 aromatic rings. The van der Waals surface area contributed by atoms with Crippen LogP contribution in [0.2, 0.25) is 0 Å². The van der Waals surface area contributed by atoms with Crippen molar-refractivity contribution in [3.05, 3.63) is 76.1 Å².